The lowest BCUT2D eigenvalue weighted by molar-refractivity contribution is 0.146. The molecule has 1 aliphatic rings. The van der Waals surface area contributed by atoms with Crippen molar-refractivity contribution in [1.29, 1.82) is 0 Å². The van der Waals surface area contributed by atoms with E-state index in [2.05, 4.69) is 0 Å². The zero-order valence-electron chi connectivity index (χ0n) is 16.1. The third kappa shape index (κ3) is 4.45. The fourth-order valence-corrected chi connectivity index (χ4v) is 4.71. The number of aryl methyl sites for hydroxylation is 1. The molecular weight excluding hydrogens is 383 g/mol. The summed E-state index contributed by atoms with van der Waals surface area (Å²) in [5, 5.41) is 0. The van der Waals surface area contributed by atoms with E-state index < -0.39 is 10.0 Å². The van der Waals surface area contributed by atoms with Crippen LogP contribution >= 0.6 is 0 Å². The lowest BCUT2D eigenvalue weighted by Gasteiger charge is -2.35. The van der Waals surface area contributed by atoms with Crippen molar-refractivity contribution in [3.8, 4) is 5.75 Å². The second kappa shape index (κ2) is 8.89. The largest absolute Gasteiger partial charge is 0.491 e. The highest BCUT2D eigenvalue weighted by atomic mass is 32.2. The maximum absolute atomic E-state index is 14.0. The molecule has 1 heterocycles. The summed E-state index contributed by atoms with van der Waals surface area (Å²) in [6.07, 6.45) is 0. The summed E-state index contributed by atoms with van der Waals surface area (Å²) >= 11 is 0. The number of para-hydroxylation sites is 1. The lowest BCUT2D eigenvalue weighted by atomic mass is 10.2. The van der Waals surface area contributed by atoms with Crippen LogP contribution in [0.4, 0.5) is 10.1 Å². The number of benzene rings is 2. The first-order valence-electron chi connectivity index (χ1n) is 9.15. The zero-order chi connectivity index (χ0) is 20.1. The third-order valence-corrected chi connectivity index (χ3v) is 6.66. The van der Waals surface area contributed by atoms with Crippen LogP contribution < -0.4 is 9.64 Å². The second-order valence-electron chi connectivity index (χ2n) is 6.61. The molecule has 28 heavy (non-hydrogen) atoms. The number of anilines is 1. The zero-order valence-corrected chi connectivity index (χ0v) is 16.9. The molecule has 0 saturated carbocycles. The van der Waals surface area contributed by atoms with E-state index in [-0.39, 0.29) is 10.7 Å². The predicted octanol–water partition coefficient (Wildman–Crippen LogP) is 2.67. The van der Waals surface area contributed by atoms with Crippen molar-refractivity contribution in [2.45, 2.75) is 11.8 Å². The number of piperazine rings is 1. The summed E-state index contributed by atoms with van der Waals surface area (Å²) in [6, 6.07) is 11.4. The van der Waals surface area contributed by atoms with Gasteiger partial charge < -0.3 is 14.4 Å². The van der Waals surface area contributed by atoms with Crippen LogP contribution in [0.15, 0.2) is 47.4 Å². The maximum atomic E-state index is 14.0. The number of nitrogens with zero attached hydrogens (tertiary/aromatic N) is 2. The van der Waals surface area contributed by atoms with Gasteiger partial charge in [-0.3, -0.25) is 0 Å². The van der Waals surface area contributed by atoms with Gasteiger partial charge in [0.2, 0.25) is 10.0 Å². The van der Waals surface area contributed by atoms with Crippen LogP contribution in [0.3, 0.4) is 0 Å². The van der Waals surface area contributed by atoms with Gasteiger partial charge in [-0.1, -0.05) is 12.1 Å². The lowest BCUT2D eigenvalue weighted by Crippen LogP contribution is -2.48. The van der Waals surface area contributed by atoms with E-state index in [1.54, 1.807) is 43.5 Å². The average molecular weight is 408 g/mol. The van der Waals surface area contributed by atoms with Crippen LogP contribution in [-0.4, -0.2) is 59.2 Å². The predicted molar refractivity (Wildman–Crippen MR) is 106 cm³/mol. The van der Waals surface area contributed by atoms with E-state index in [0.29, 0.717) is 50.8 Å². The number of methoxy groups -OCH3 is 1. The smallest absolute Gasteiger partial charge is 0.243 e. The highest BCUT2D eigenvalue weighted by molar-refractivity contribution is 7.89. The summed E-state index contributed by atoms with van der Waals surface area (Å²) < 4.78 is 51.9. The van der Waals surface area contributed by atoms with Crippen molar-refractivity contribution in [2.24, 2.45) is 0 Å². The number of halogens is 1. The van der Waals surface area contributed by atoms with Crippen LogP contribution in [0.5, 0.6) is 5.75 Å². The Balaban J connectivity index is 1.68. The topological polar surface area (TPSA) is 59.1 Å². The standard InChI is InChI=1S/C20H25FN2O4S/c1-16-15-17(7-8-20(16)27-14-13-26-2)28(24,25)23-11-9-22(10-12-23)19-6-4-3-5-18(19)21/h3-8,15H,9-14H2,1-2H3. The number of ether oxygens (including phenoxy) is 2. The molecule has 0 aromatic heterocycles. The summed E-state index contributed by atoms with van der Waals surface area (Å²) in [4.78, 5) is 2.11. The molecule has 152 valence electrons. The van der Waals surface area contributed by atoms with Crippen LogP contribution in [0.1, 0.15) is 5.56 Å². The molecule has 1 saturated heterocycles. The minimum Gasteiger partial charge on any atom is -0.491 e. The molecule has 1 fully saturated rings. The molecule has 0 bridgehead atoms. The van der Waals surface area contributed by atoms with Crippen molar-refractivity contribution in [1.82, 2.24) is 4.31 Å². The molecule has 0 radical (unpaired) electrons. The molecule has 0 amide bonds. The highest BCUT2D eigenvalue weighted by Crippen LogP contribution is 2.26. The molecule has 3 rings (SSSR count). The minimum atomic E-state index is -3.61. The van der Waals surface area contributed by atoms with E-state index in [9.17, 15) is 12.8 Å². The summed E-state index contributed by atoms with van der Waals surface area (Å²) in [7, 11) is -2.01. The molecule has 6 nitrogen and oxygen atoms in total. The SMILES string of the molecule is COCCOc1ccc(S(=O)(=O)N2CCN(c3ccccc3F)CC2)cc1C. The Morgan fingerprint density at radius 2 is 1.75 bits per heavy atom. The monoisotopic (exact) mass is 408 g/mol. The minimum absolute atomic E-state index is 0.239. The van der Waals surface area contributed by atoms with Gasteiger partial charge in [0.25, 0.3) is 0 Å². The van der Waals surface area contributed by atoms with E-state index in [0.717, 1.165) is 5.56 Å². The Labute approximate surface area is 165 Å². The molecule has 8 heteroatoms. The van der Waals surface area contributed by atoms with E-state index >= 15 is 0 Å². The normalized spacial score (nSPS) is 15.6. The molecular formula is C20H25FN2O4S. The van der Waals surface area contributed by atoms with E-state index in [1.807, 2.05) is 11.8 Å². The third-order valence-electron chi connectivity index (χ3n) is 4.76. The van der Waals surface area contributed by atoms with Crippen molar-refractivity contribution >= 4 is 15.7 Å². The molecule has 1 aliphatic heterocycles. The van der Waals surface area contributed by atoms with Crippen LogP contribution in [0.25, 0.3) is 0 Å². The Bertz CT molecular complexity index is 912. The number of rotatable bonds is 7. The first-order valence-corrected chi connectivity index (χ1v) is 10.6. The van der Waals surface area contributed by atoms with Gasteiger partial charge in [-0.25, -0.2) is 12.8 Å². The Kier molecular flexibility index (Phi) is 6.53. The first kappa shape index (κ1) is 20.6. The molecule has 0 N–H and O–H groups in total. The van der Waals surface area contributed by atoms with Crippen molar-refractivity contribution in [2.75, 3.05) is 51.4 Å². The van der Waals surface area contributed by atoms with Gasteiger partial charge in [-0.2, -0.15) is 4.31 Å². The van der Waals surface area contributed by atoms with Gasteiger partial charge in [-0.15, -0.1) is 0 Å². The summed E-state index contributed by atoms with van der Waals surface area (Å²) in [6.45, 7) is 4.18. The van der Waals surface area contributed by atoms with Gasteiger partial charge in [0.15, 0.2) is 0 Å². The summed E-state index contributed by atoms with van der Waals surface area (Å²) in [5.41, 5.74) is 1.26. The average Bonchev–Trinajstić information content (AvgIpc) is 2.70. The fourth-order valence-electron chi connectivity index (χ4n) is 3.21. The Hall–Kier alpha value is -2.16. The van der Waals surface area contributed by atoms with Crippen LogP contribution in [0, 0.1) is 12.7 Å². The Morgan fingerprint density at radius 3 is 2.39 bits per heavy atom. The van der Waals surface area contributed by atoms with E-state index in [1.165, 1.54) is 10.4 Å². The molecule has 2 aromatic carbocycles. The quantitative estimate of drug-likeness (QED) is 0.660. The van der Waals surface area contributed by atoms with Gasteiger partial charge >= 0.3 is 0 Å². The number of sulfonamides is 1. The highest BCUT2D eigenvalue weighted by Gasteiger charge is 2.29. The van der Waals surface area contributed by atoms with Gasteiger partial charge in [0.1, 0.15) is 18.2 Å². The molecule has 0 aliphatic carbocycles. The molecule has 0 atom stereocenters. The summed E-state index contributed by atoms with van der Waals surface area (Å²) in [5.74, 6) is 0.346. The second-order valence-corrected chi connectivity index (χ2v) is 8.55. The van der Waals surface area contributed by atoms with E-state index in [4.69, 9.17) is 9.47 Å². The van der Waals surface area contributed by atoms with Gasteiger partial charge in [0, 0.05) is 33.3 Å². The van der Waals surface area contributed by atoms with Crippen LogP contribution in [0.2, 0.25) is 0 Å². The Morgan fingerprint density at radius 1 is 1.04 bits per heavy atom. The van der Waals surface area contributed by atoms with Gasteiger partial charge in [-0.05, 0) is 42.8 Å². The van der Waals surface area contributed by atoms with Crippen molar-refractivity contribution < 1.29 is 22.3 Å². The van der Waals surface area contributed by atoms with Gasteiger partial charge in [0.05, 0.1) is 17.2 Å². The van der Waals surface area contributed by atoms with Crippen molar-refractivity contribution in [3.05, 3.63) is 53.8 Å². The first-order chi connectivity index (χ1) is 13.4. The maximum Gasteiger partial charge on any atom is 0.243 e. The number of hydrogen-bond donors (Lipinski definition) is 0. The molecule has 0 spiro atoms. The van der Waals surface area contributed by atoms with Crippen LogP contribution in [-0.2, 0) is 14.8 Å². The fraction of sp³-hybridized carbons (Fsp3) is 0.400. The molecule has 2 aromatic rings. The molecule has 0 unspecified atom stereocenters. The number of hydrogen-bond acceptors (Lipinski definition) is 5. The van der Waals surface area contributed by atoms with Crippen molar-refractivity contribution in [3.63, 3.8) is 0 Å².